The molecule has 0 spiro atoms. The van der Waals surface area contributed by atoms with Gasteiger partial charge in [0.05, 0.1) is 17.2 Å². The quantitative estimate of drug-likeness (QED) is 0.476. The highest BCUT2D eigenvalue weighted by Gasteiger charge is 2.76. The molecule has 5 rings (SSSR count). The number of allylic oxidation sites excluding steroid dienone is 4. The van der Waals surface area contributed by atoms with E-state index in [1.807, 2.05) is 13.8 Å². The van der Waals surface area contributed by atoms with E-state index in [-0.39, 0.29) is 29.8 Å². The summed E-state index contributed by atoms with van der Waals surface area (Å²) in [5.74, 6) is -2.79. The zero-order valence-electron chi connectivity index (χ0n) is 20.1. The number of ketones is 2. The second-order valence-electron chi connectivity index (χ2n) is 11.1. The first-order chi connectivity index (χ1) is 16.5. The average Bonchev–Trinajstić information content (AvgIpc) is 3.42. The lowest BCUT2D eigenvalue weighted by Crippen LogP contribution is -2.69. The van der Waals surface area contributed by atoms with Crippen LogP contribution >= 0.6 is 11.6 Å². The van der Waals surface area contributed by atoms with Crippen LogP contribution in [-0.2, 0) is 14.3 Å². The molecular formula is C27H30ClFO6. The summed E-state index contributed by atoms with van der Waals surface area (Å²) in [7, 11) is 0. The minimum Gasteiger partial charge on any atom is -0.457 e. The van der Waals surface area contributed by atoms with Gasteiger partial charge >= 0.3 is 5.97 Å². The maximum absolute atomic E-state index is 14.1. The normalized spacial score (nSPS) is 44.2. The molecule has 1 heterocycles. The van der Waals surface area contributed by atoms with E-state index in [0.717, 1.165) is 5.57 Å². The Hall–Kier alpha value is -2.25. The van der Waals surface area contributed by atoms with Crippen molar-refractivity contribution in [3.8, 4) is 0 Å². The van der Waals surface area contributed by atoms with Gasteiger partial charge in [-0.3, -0.25) is 9.59 Å². The highest BCUT2D eigenvalue weighted by molar-refractivity contribution is 6.26. The summed E-state index contributed by atoms with van der Waals surface area (Å²) >= 11 is 7.42. The molecule has 3 saturated carbocycles. The van der Waals surface area contributed by atoms with Crippen LogP contribution in [0.1, 0.15) is 57.0 Å². The molecule has 4 aliphatic rings. The second-order valence-corrected chi connectivity index (χ2v) is 11.7. The zero-order chi connectivity index (χ0) is 25.4. The number of esters is 1. The molecule has 1 aromatic rings. The largest absolute Gasteiger partial charge is 0.457 e. The predicted octanol–water partition coefficient (Wildman–Crippen LogP) is 4.60. The number of aliphatic hydroxyl groups is 1. The molecule has 0 radical (unpaired) electrons. The molecule has 1 N–H and O–H groups in total. The number of halogens is 2. The van der Waals surface area contributed by atoms with Gasteiger partial charge in [0.2, 0.25) is 11.5 Å². The molecule has 188 valence electrons. The van der Waals surface area contributed by atoms with E-state index < -0.39 is 51.8 Å². The summed E-state index contributed by atoms with van der Waals surface area (Å²) in [5.41, 5.74) is -2.69. The third-order valence-corrected chi connectivity index (χ3v) is 10.6. The van der Waals surface area contributed by atoms with Crippen LogP contribution in [-0.4, -0.2) is 45.9 Å². The van der Waals surface area contributed by atoms with Crippen LogP contribution in [0.3, 0.4) is 0 Å². The van der Waals surface area contributed by atoms with E-state index in [9.17, 15) is 23.9 Å². The molecule has 6 nitrogen and oxygen atoms in total. The minimum atomic E-state index is -1.77. The van der Waals surface area contributed by atoms with Crippen LogP contribution in [0.4, 0.5) is 4.39 Å². The molecule has 0 aliphatic heterocycles. The molecule has 0 bridgehead atoms. The lowest BCUT2D eigenvalue weighted by molar-refractivity contribution is -0.179. The smallest absolute Gasteiger partial charge is 0.375 e. The van der Waals surface area contributed by atoms with Gasteiger partial charge in [-0.1, -0.05) is 32.4 Å². The molecule has 8 heteroatoms. The predicted molar refractivity (Wildman–Crippen MR) is 125 cm³/mol. The maximum atomic E-state index is 14.1. The SMILES string of the molecule is CC1C[C@H]2[C@@H]3CCC4=CC(=O)C=C[C@]4(C)[C@@]3(Cl)C(O)C[C@]2(C)[C@@]1(OC(=O)c1ccco1)C(=O)CF. The summed E-state index contributed by atoms with van der Waals surface area (Å²) in [6.45, 7) is 4.27. The molecule has 0 amide bonds. The fraction of sp³-hybridized carbons (Fsp3) is 0.593. The van der Waals surface area contributed by atoms with Gasteiger partial charge in [0.1, 0.15) is 0 Å². The summed E-state index contributed by atoms with van der Waals surface area (Å²) < 4.78 is 25.2. The van der Waals surface area contributed by atoms with Crippen molar-refractivity contribution in [3.05, 3.63) is 48.0 Å². The summed E-state index contributed by atoms with van der Waals surface area (Å²) in [6, 6.07) is 2.97. The van der Waals surface area contributed by atoms with Crippen molar-refractivity contribution < 1.29 is 33.0 Å². The first-order valence-corrected chi connectivity index (χ1v) is 12.5. The number of furan rings is 1. The number of ether oxygens (including phenoxy) is 1. The van der Waals surface area contributed by atoms with E-state index in [4.69, 9.17) is 20.8 Å². The number of carbonyl (C=O) groups is 3. The Balaban J connectivity index is 1.61. The van der Waals surface area contributed by atoms with Gasteiger partial charge in [-0.15, -0.1) is 11.6 Å². The molecule has 3 fully saturated rings. The molecule has 35 heavy (non-hydrogen) atoms. The topological polar surface area (TPSA) is 93.8 Å². The fourth-order valence-electron chi connectivity index (χ4n) is 8.09. The highest BCUT2D eigenvalue weighted by Crippen LogP contribution is 2.72. The average molecular weight is 505 g/mol. The van der Waals surface area contributed by atoms with E-state index in [1.165, 1.54) is 24.5 Å². The van der Waals surface area contributed by atoms with Gasteiger partial charge in [-0.2, -0.15) is 0 Å². The Morgan fingerprint density at radius 2 is 2.06 bits per heavy atom. The summed E-state index contributed by atoms with van der Waals surface area (Å²) in [4.78, 5) is 37.3. The Kier molecular flexibility index (Phi) is 5.50. The number of fused-ring (bicyclic) bond motifs is 5. The number of aliphatic hydroxyl groups excluding tert-OH is 1. The fourth-order valence-corrected chi connectivity index (χ4v) is 8.61. The molecular weight excluding hydrogens is 475 g/mol. The van der Waals surface area contributed by atoms with Gasteiger partial charge in [-0.25, -0.2) is 9.18 Å². The van der Waals surface area contributed by atoms with Crippen molar-refractivity contribution in [1.82, 2.24) is 0 Å². The van der Waals surface area contributed by atoms with Crippen molar-refractivity contribution in [2.24, 2.45) is 28.6 Å². The van der Waals surface area contributed by atoms with Crippen LogP contribution in [0.15, 0.2) is 46.6 Å². The van der Waals surface area contributed by atoms with E-state index in [2.05, 4.69) is 0 Å². The van der Waals surface area contributed by atoms with Gasteiger partial charge in [-0.05, 0) is 61.8 Å². The highest BCUT2D eigenvalue weighted by atomic mass is 35.5. The number of Topliss-reactive ketones (excluding diaryl/α,β-unsaturated/α-hetero) is 1. The van der Waals surface area contributed by atoms with E-state index >= 15 is 0 Å². The van der Waals surface area contributed by atoms with Gasteiger partial charge < -0.3 is 14.3 Å². The molecule has 8 atom stereocenters. The third-order valence-electron chi connectivity index (χ3n) is 9.69. The summed E-state index contributed by atoms with van der Waals surface area (Å²) in [5, 5.41) is 11.7. The molecule has 4 aliphatic carbocycles. The number of carbonyl (C=O) groups excluding carboxylic acids is 3. The second kappa shape index (κ2) is 7.87. The maximum Gasteiger partial charge on any atom is 0.375 e. The lowest BCUT2D eigenvalue weighted by atomic mass is 9.45. The van der Waals surface area contributed by atoms with Crippen molar-refractivity contribution in [2.75, 3.05) is 6.67 Å². The number of alkyl halides is 2. The summed E-state index contributed by atoms with van der Waals surface area (Å²) in [6.07, 6.45) is 6.88. The van der Waals surface area contributed by atoms with Gasteiger partial charge in [0, 0.05) is 16.7 Å². The van der Waals surface area contributed by atoms with Crippen LogP contribution in [0, 0.1) is 28.6 Å². The number of hydrogen-bond acceptors (Lipinski definition) is 6. The standard InChI is InChI=1S/C27H30ClFO6/c1-15-11-19-18-7-6-16-12-17(30)8-9-24(16,2)26(18,28)21(31)13-25(19,3)27(15,22(32)14-29)35-23(33)20-5-4-10-34-20/h4-5,8-10,12,15,18-19,21,31H,6-7,11,13-14H2,1-3H3/t15?,18-,19-,21?,24-,25-,26-,27-/m0/s1. The van der Waals surface area contributed by atoms with Gasteiger partial charge in [0.15, 0.2) is 18.1 Å². The Morgan fingerprint density at radius 3 is 2.71 bits per heavy atom. The lowest BCUT2D eigenvalue weighted by Gasteiger charge is -2.64. The van der Waals surface area contributed by atoms with Crippen molar-refractivity contribution in [2.45, 2.75) is 63.0 Å². The van der Waals surface area contributed by atoms with Crippen LogP contribution in [0.5, 0.6) is 0 Å². The number of hydrogen-bond donors (Lipinski definition) is 1. The molecule has 1 aromatic heterocycles. The first kappa shape index (κ1) is 24.4. The van der Waals surface area contributed by atoms with E-state index in [0.29, 0.717) is 19.3 Å². The zero-order valence-corrected chi connectivity index (χ0v) is 20.8. The monoisotopic (exact) mass is 504 g/mol. The van der Waals surface area contributed by atoms with E-state index in [1.54, 1.807) is 19.1 Å². The van der Waals surface area contributed by atoms with Crippen LogP contribution < -0.4 is 0 Å². The minimum absolute atomic E-state index is 0.0455. The molecule has 2 unspecified atom stereocenters. The third kappa shape index (κ3) is 2.94. The Bertz CT molecular complexity index is 1140. The van der Waals surface area contributed by atoms with Crippen molar-refractivity contribution in [3.63, 3.8) is 0 Å². The van der Waals surface area contributed by atoms with Crippen LogP contribution in [0.2, 0.25) is 0 Å². The Labute approximate surface area is 208 Å². The number of rotatable bonds is 4. The van der Waals surface area contributed by atoms with Crippen molar-refractivity contribution in [1.29, 1.82) is 0 Å². The molecule has 0 aromatic carbocycles. The van der Waals surface area contributed by atoms with Crippen LogP contribution in [0.25, 0.3) is 0 Å². The van der Waals surface area contributed by atoms with Gasteiger partial charge in [0.25, 0.3) is 0 Å². The first-order valence-electron chi connectivity index (χ1n) is 12.1. The molecule has 0 saturated heterocycles. The van der Waals surface area contributed by atoms with Crippen molar-refractivity contribution >= 4 is 29.1 Å². The Morgan fingerprint density at radius 1 is 1.31 bits per heavy atom.